The molecule has 0 saturated carbocycles. The molecule has 1 unspecified atom stereocenters. The molecule has 30 heavy (non-hydrogen) atoms. The molecule has 1 aliphatic heterocycles. The largest absolute Gasteiger partial charge is 0.494 e. The summed E-state index contributed by atoms with van der Waals surface area (Å²) in [6.07, 6.45) is 2.32. The molecule has 2 N–H and O–H groups in total. The number of likely N-dealkylation sites (tertiary alicyclic amines) is 1. The maximum Gasteiger partial charge on any atom is 0.191 e. The highest BCUT2D eigenvalue weighted by atomic mass is 32.1. The number of thiazole rings is 1. The topological polar surface area (TPSA) is 61.8 Å². The first-order valence-electron chi connectivity index (χ1n) is 10.4. The molecule has 8 heteroatoms. The van der Waals surface area contributed by atoms with E-state index in [1.54, 1.807) is 24.5 Å². The minimum atomic E-state index is -0.355. The van der Waals surface area contributed by atoms with Crippen LogP contribution in [0, 0.1) is 18.7 Å². The monoisotopic (exact) mass is 433 g/mol. The lowest BCUT2D eigenvalue weighted by molar-refractivity contribution is 0.176. The van der Waals surface area contributed by atoms with Gasteiger partial charge in [0.05, 0.1) is 23.9 Å². The maximum absolute atomic E-state index is 14.0. The molecule has 6 nitrogen and oxygen atoms in total. The number of nitrogens with one attached hydrogen (secondary N) is 2. The number of halogens is 1. The van der Waals surface area contributed by atoms with Crippen molar-refractivity contribution in [2.24, 2.45) is 10.9 Å². The second-order valence-electron chi connectivity index (χ2n) is 7.79. The summed E-state index contributed by atoms with van der Waals surface area (Å²) in [7, 11) is 3.23. The molecule has 0 spiro atoms. The van der Waals surface area contributed by atoms with Crippen LogP contribution in [0.4, 0.5) is 4.39 Å². The van der Waals surface area contributed by atoms with Crippen molar-refractivity contribution < 1.29 is 9.13 Å². The molecule has 3 rings (SSSR count). The van der Waals surface area contributed by atoms with E-state index in [4.69, 9.17) is 4.74 Å². The number of ether oxygens (including phenoxy) is 1. The first-order valence-corrected chi connectivity index (χ1v) is 11.3. The molecule has 0 amide bonds. The van der Waals surface area contributed by atoms with Gasteiger partial charge in [0.1, 0.15) is 0 Å². The van der Waals surface area contributed by atoms with Gasteiger partial charge in [0.15, 0.2) is 17.5 Å². The van der Waals surface area contributed by atoms with Crippen LogP contribution >= 0.6 is 11.3 Å². The fourth-order valence-corrected chi connectivity index (χ4v) is 4.34. The molecule has 2 heterocycles. The van der Waals surface area contributed by atoms with Crippen molar-refractivity contribution in [1.29, 1.82) is 0 Å². The molecule has 1 fully saturated rings. The fraction of sp³-hybridized carbons (Fsp3) is 0.545. The van der Waals surface area contributed by atoms with E-state index in [2.05, 4.69) is 37.8 Å². The summed E-state index contributed by atoms with van der Waals surface area (Å²) in [5, 5.41) is 10.1. The van der Waals surface area contributed by atoms with Crippen LogP contribution in [0.2, 0.25) is 0 Å². The van der Waals surface area contributed by atoms with Crippen LogP contribution in [0.15, 0.2) is 28.6 Å². The van der Waals surface area contributed by atoms with Crippen LogP contribution in [0.3, 0.4) is 0 Å². The van der Waals surface area contributed by atoms with Crippen molar-refractivity contribution in [3.8, 4) is 5.75 Å². The number of aliphatic imine (C=N–C) groups is 1. The van der Waals surface area contributed by atoms with E-state index in [0.717, 1.165) is 55.6 Å². The molecule has 1 aromatic heterocycles. The van der Waals surface area contributed by atoms with E-state index in [-0.39, 0.29) is 17.6 Å². The van der Waals surface area contributed by atoms with Gasteiger partial charge < -0.3 is 15.4 Å². The van der Waals surface area contributed by atoms with Crippen molar-refractivity contribution in [3.63, 3.8) is 0 Å². The Morgan fingerprint density at radius 2 is 2.17 bits per heavy atom. The Labute approximate surface area is 182 Å². The average Bonchev–Trinajstić information content (AvgIpc) is 3.16. The fourth-order valence-electron chi connectivity index (χ4n) is 3.73. The van der Waals surface area contributed by atoms with Crippen molar-refractivity contribution in [2.75, 3.05) is 33.8 Å². The number of hydrogen-bond donors (Lipinski definition) is 2. The Bertz CT molecular complexity index is 848. The second kappa shape index (κ2) is 10.7. The summed E-state index contributed by atoms with van der Waals surface area (Å²) in [4.78, 5) is 11.4. The normalized spacial score (nSPS) is 17.0. The molecule has 2 aromatic rings. The number of aromatic nitrogens is 1. The van der Waals surface area contributed by atoms with Gasteiger partial charge in [0, 0.05) is 25.5 Å². The molecule has 0 bridgehead atoms. The number of benzene rings is 1. The van der Waals surface area contributed by atoms with Crippen LogP contribution in [0.1, 0.15) is 42.1 Å². The number of rotatable bonds is 7. The number of nitrogens with zero attached hydrogens (tertiary/aromatic N) is 3. The Hall–Kier alpha value is -2.19. The lowest BCUT2D eigenvalue weighted by Crippen LogP contribution is -2.43. The zero-order valence-electron chi connectivity index (χ0n) is 18.2. The molecule has 0 aliphatic carbocycles. The van der Waals surface area contributed by atoms with Crippen LogP contribution in [0.25, 0.3) is 0 Å². The molecule has 0 radical (unpaired) electrons. The van der Waals surface area contributed by atoms with E-state index < -0.39 is 0 Å². The summed E-state index contributed by atoms with van der Waals surface area (Å²) in [6, 6.07) is 4.95. The molecule has 1 saturated heterocycles. The molecular formula is C22H32FN5OS. The van der Waals surface area contributed by atoms with Gasteiger partial charge in [-0.1, -0.05) is 6.07 Å². The van der Waals surface area contributed by atoms with E-state index in [9.17, 15) is 4.39 Å². The SMILES string of the molecule is CN=C(NCC1CCN(Cc2csc(C)n2)CC1)NC(C)c1ccc(OC)c(F)c1. The first-order chi connectivity index (χ1) is 14.5. The maximum atomic E-state index is 14.0. The number of methoxy groups -OCH3 is 1. The molecule has 1 atom stereocenters. The van der Waals surface area contributed by atoms with Gasteiger partial charge in [-0.25, -0.2) is 9.37 Å². The Balaban J connectivity index is 1.42. The highest BCUT2D eigenvalue weighted by Crippen LogP contribution is 2.22. The van der Waals surface area contributed by atoms with Gasteiger partial charge in [-0.2, -0.15) is 0 Å². The molecular weight excluding hydrogens is 401 g/mol. The van der Waals surface area contributed by atoms with Crippen LogP contribution in [-0.2, 0) is 6.54 Å². The predicted molar refractivity (Wildman–Crippen MR) is 121 cm³/mol. The zero-order chi connectivity index (χ0) is 21.5. The number of aryl methyl sites for hydroxylation is 1. The van der Waals surface area contributed by atoms with Crippen molar-refractivity contribution in [2.45, 2.75) is 39.3 Å². The van der Waals surface area contributed by atoms with Crippen LogP contribution < -0.4 is 15.4 Å². The van der Waals surface area contributed by atoms with Crippen molar-refractivity contribution in [3.05, 3.63) is 45.7 Å². The second-order valence-corrected chi connectivity index (χ2v) is 8.85. The van der Waals surface area contributed by atoms with Crippen molar-refractivity contribution >= 4 is 17.3 Å². The Kier molecular flexibility index (Phi) is 8.04. The van der Waals surface area contributed by atoms with E-state index in [1.165, 1.54) is 18.9 Å². The van der Waals surface area contributed by atoms with Gasteiger partial charge in [-0.15, -0.1) is 11.3 Å². The van der Waals surface area contributed by atoms with E-state index in [0.29, 0.717) is 5.92 Å². The first kappa shape index (κ1) is 22.5. The van der Waals surface area contributed by atoms with E-state index >= 15 is 0 Å². The minimum Gasteiger partial charge on any atom is -0.494 e. The lowest BCUT2D eigenvalue weighted by Gasteiger charge is -2.32. The number of piperidine rings is 1. The minimum absolute atomic E-state index is 0.0694. The van der Waals surface area contributed by atoms with Gasteiger partial charge >= 0.3 is 0 Å². The van der Waals surface area contributed by atoms with Gasteiger partial charge in [-0.3, -0.25) is 9.89 Å². The van der Waals surface area contributed by atoms with Crippen molar-refractivity contribution in [1.82, 2.24) is 20.5 Å². The Morgan fingerprint density at radius 3 is 2.77 bits per heavy atom. The lowest BCUT2D eigenvalue weighted by atomic mass is 9.97. The van der Waals surface area contributed by atoms with Gasteiger partial charge in [0.2, 0.25) is 0 Å². The van der Waals surface area contributed by atoms with Crippen LogP contribution in [-0.4, -0.2) is 49.6 Å². The molecule has 164 valence electrons. The number of guanidine groups is 1. The standard InChI is InChI=1S/C22H32FN5OS/c1-15(18-5-6-21(29-4)20(23)11-18)26-22(24-3)25-12-17-7-9-28(10-8-17)13-19-14-30-16(2)27-19/h5-6,11,14-15,17H,7-10,12-13H2,1-4H3,(H2,24,25,26). The molecule has 1 aliphatic rings. The third-order valence-electron chi connectivity index (χ3n) is 5.57. The Morgan fingerprint density at radius 1 is 1.40 bits per heavy atom. The zero-order valence-corrected chi connectivity index (χ0v) is 19.1. The summed E-state index contributed by atoms with van der Waals surface area (Å²) in [5.74, 6) is 1.25. The highest BCUT2D eigenvalue weighted by molar-refractivity contribution is 7.09. The quantitative estimate of drug-likeness (QED) is 0.515. The summed E-state index contributed by atoms with van der Waals surface area (Å²) in [6.45, 7) is 8.06. The smallest absolute Gasteiger partial charge is 0.191 e. The van der Waals surface area contributed by atoms with Crippen LogP contribution in [0.5, 0.6) is 5.75 Å². The van der Waals surface area contributed by atoms with Gasteiger partial charge in [0.25, 0.3) is 0 Å². The average molecular weight is 434 g/mol. The summed E-state index contributed by atoms with van der Waals surface area (Å²) < 4.78 is 19.0. The highest BCUT2D eigenvalue weighted by Gasteiger charge is 2.20. The molecule has 1 aromatic carbocycles. The van der Waals surface area contributed by atoms with Gasteiger partial charge in [-0.05, 0) is 63.4 Å². The predicted octanol–water partition coefficient (Wildman–Crippen LogP) is 3.74. The summed E-state index contributed by atoms with van der Waals surface area (Å²) in [5.41, 5.74) is 2.03. The van der Waals surface area contributed by atoms with E-state index in [1.807, 2.05) is 13.0 Å². The third-order valence-corrected chi connectivity index (χ3v) is 6.39. The third kappa shape index (κ3) is 6.15. The summed E-state index contributed by atoms with van der Waals surface area (Å²) >= 11 is 1.72. The number of hydrogen-bond acceptors (Lipinski definition) is 5.